The number of nitrogens with zero attached hydrogens (tertiary/aromatic N) is 2. The predicted octanol–water partition coefficient (Wildman–Crippen LogP) is 12.2. The number of hydrogen-bond donors (Lipinski definition) is 0. The van der Waals surface area contributed by atoms with Gasteiger partial charge in [0.25, 0.3) is 0 Å². The van der Waals surface area contributed by atoms with Crippen LogP contribution in [0.25, 0.3) is 29.6 Å². The summed E-state index contributed by atoms with van der Waals surface area (Å²) in [4.78, 5) is 4.67. The molecule has 2 heterocycles. The average Bonchev–Trinajstić information content (AvgIpc) is 3.59. The summed E-state index contributed by atoms with van der Waals surface area (Å²) in [5, 5.41) is 2.65. The van der Waals surface area contributed by atoms with Crippen LogP contribution in [0.4, 0.5) is 34.1 Å². The third-order valence-corrected chi connectivity index (χ3v) is 10.1. The number of benzene rings is 6. The summed E-state index contributed by atoms with van der Waals surface area (Å²) < 4.78 is 5.36. The van der Waals surface area contributed by atoms with E-state index < -0.39 is 0 Å². The molecule has 0 saturated carbocycles. The quantitative estimate of drug-likeness (QED) is 0.195. The molecule has 0 aliphatic heterocycles. The van der Waals surface area contributed by atoms with Crippen LogP contribution in [0.5, 0.6) is 0 Å². The third-order valence-electron chi connectivity index (χ3n) is 7.62. The van der Waals surface area contributed by atoms with Gasteiger partial charge < -0.3 is 9.80 Å². The summed E-state index contributed by atoms with van der Waals surface area (Å²) in [5.74, 6) is 0. The molecule has 42 heavy (non-hydrogen) atoms. The van der Waals surface area contributed by atoms with Crippen LogP contribution in [0, 0.1) is 0 Å². The van der Waals surface area contributed by atoms with Gasteiger partial charge in [-0.05, 0) is 72.8 Å². The van der Waals surface area contributed by atoms with Crippen LogP contribution >= 0.6 is 22.7 Å². The highest BCUT2D eigenvalue weighted by atomic mass is 32.1. The monoisotopic (exact) mass is 574 g/mol. The molecule has 0 spiro atoms. The van der Waals surface area contributed by atoms with E-state index in [1.807, 2.05) is 22.7 Å². The largest absolute Gasteiger partial charge is 0.310 e. The van der Waals surface area contributed by atoms with Crippen molar-refractivity contribution in [3.8, 4) is 0 Å². The molecule has 0 bridgehead atoms. The van der Waals surface area contributed by atoms with Crippen LogP contribution in [0.15, 0.2) is 158 Å². The SMILES string of the molecule is c1ccc(N(c2ccccc2)c2ccc3c(c2)sc2c4ccc(N(c5ccccc5)c5ccccc5)cc4sc32)cc1. The number of rotatable bonds is 6. The molecule has 2 nitrogen and oxygen atoms in total. The van der Waals surface area contributed by atoms with Crippen molar-refractivity contribution >= 4 is 86.4 Å². The molecule has 0 aliphatic carbocycles. The molecule has 8 aromatic rings. The van der Waals surface area contributed by atoms with Gasteiger partial charge in [-0.3, -0.25) is 0 Å². The lowest BCUT2D eigenvalue weighted by Crippen LogP contribution is -2.09. The van der Waals surface area contributed by atoms with Crippen LogP contribution < -0.4 is 9.80 Å². The Bertz CT molecular complexity index is 1900. The van der Waals surface area contributed by atoms with E-state index in [0.717, 1.165) is 22.7 Å². The van der Waals surface area contributed by atoms with Crippen molar-refractivity contribution in [2.24, 2.45) is 0 Å². The van der Waals surface area contributed by atoms with Crippen molar-refractivity contribution in [3.05, 3.63) is 158 Å². The Morgan fingerprint density at radius 2 is 0.619 bits per heavy atom. The van der Waals surface area contributed by atoms with Gasteiger partial charge in [-0.1, -0.05) is 84.9 Å². The lowest BCUT2D eigenvalue weighted by atomic mass is 10.1. The van der Waals surface area contributed by atoms with Gasteiger partial charge in [0.1, 0.15) is 0 Å². The Morgan fingerprint density at radius 3 is 0.929 bits per heavy atom. The predicted molar refractivity (Wildman–Crippen MR) is 184 cm³/mol. The van der Waals surface area contributed by atoms with Crippen molar-refractivity contribution in [2.45, 2.75) is 0 Å². The van der Waals surface area contributed by atoms with Gasteiger partial charge >= 0.3 is 0 Å². The van der Waals surface area contributed by atoms with Crippen molar-refractivity contribution in [3.63, 3.8) is 0 Å². The molecule has 6 aromatic carbocycles. The maximum Gasteiger partial charge on any atom is 0.0542 e. The number of thiophene rings is 2. The van der Waals surface area contributed by atoms with E-state index in [9.17, 15) is 0 Å². The zero-order valence-electron chi connectivity index (χ0n) is 22.7. The van der Waals surface area contributed by atoms with Gasteiger partial charge in [-0.15, -0.1) is 22.7 Å². The second-order valence-electron chi connectivity index (χ2n) is 10.2. The molecule has 200 valence electrons. The molecule has 0 fully saturated rings. The van der Waals surface area contributed by atoms with Crippen molar-refractivity contribution in [2.75, 3.05) is 9.80 Å². The number of para-hydroxylation sites is 4. The molecule has 0 unspecified atom stereocenters. The minimum Gasteiger partial charge on any atom is -0.310 e. The first-order chi connectivity index (χ1) is 20.8. The van der Waals surface area contributed by atoms with Crippen LogP contribution in [0.3, 0.4) is 0 Å². The topological polar surface area (TPSA) is 6.48 Å². The Balaban J connectivity index is 1.24. The Labute approximate surface area is 253 Å². The van der Waals surface area contributed by atoms with Crippen molar-refractivity contribution in [1.29, 1.82) is 0 Å². The van der Waals surface area contributed by atoms with Crippen molar-refractivity contribution in [1.82, 2.24) is 0 Å². The Hall–Kier alpha value is -4.90. The summed E-state index contributed by atoms with van der Waals surface area (Å²) >= 11 is 3.79. The maximum atomic E-state index is 2.35. The van der Waals surface area contributed by atoms with Gasteiger partial charge in [0, 0.05) is 54.3 Å². The maximum absolute atomic E-state index is 2.35. The summed E-state index contributed by atoms with van der Waals surface area (Å²) in [7, 11) is 0. The minimum atomic E-state index is 1.15. The molecular weight excluding hydrogens is 549 g/mol. The third kappa shape index (κ3) is 4.33. The highest BCUT2D eigenvalue weighted by Gasteiger charge is 2.18. The average molecular weight is 575 g/mol. The molecule has 0 radical (unpaired) electrons. The Morgan fingerprint density at radius 1 is 0.310 bits per heavy atom. The zero-order chi connectivity index (χ0) is 27.9. The van der Waals surface area contributed by atoms with Crippen LogP contribution in [0.2, 0.25) is 0 Å². The fourth-order valence-electron chi connectivity index (χ4n) is 5.71. The van der Waals surface area contributed by atoms with Crippen molar-refractivity contribution < 1.29 is 0 Å². The number of anilines is 6. The standard InChI is InChI=1S/C38H26N2S2/c1-5-13-27(14-6-1)39(28-15-7-2-8-16-28)31-21-23-33-35(25-31)41-38-34-24-22-32(26-36(34)42-37(33)38)40(29-17-9-3-10-18-29)30-19-11-4-12-20-30/h1-26H. The lowest BCUT2D eigenvalue weighted by Gasteiger charge is -2.25. The molecule has 4 heteroatoms. The molecule has 0 aliphatic rings. The molecule has 0 atom stereocenters. The fourth-order valence-corrected chi connectivity index (χ4v) is 8.43. The second kappa shape index (κ2) is 10.5. The summed E-state index contributed by atoms with van der Waals surface area (Å²) in [6.45, 7) is 0. The van der Waals surface area contributed by atoms with E-state index in [2.05, 4.69) is 168 Å². The number of hydrogen-bond acceptors (Lipinski definition) is 4. The molecule has 0 N–H and O–H groups in total. The molecule has 2 aromatic heterocycles. The molecule has 8 rings (SSSR count). The normalized spacial score (nSPS) is 11.3. The lowest BCUT2D eigenvalue weighted by molar-refractivity contribution is 1.29. The second-order valence-corrected chi connectivity index (χ2v) is 12.3. The van der Waals surface area contributed by atoms with E-state index >= 15 is 0 Å². The first-order valence-electron chi connectivity index (χ1n) is 14.0. The minimum absolute atomic E-state index is 1.15. The summed E-state index contributed by atoms with van der Waals surface area (Å²) in [5.41, 5.74) is 6.95. The summed E-state index contributed by atoms with van der Waals surface area (Å²) in [6, 6.07) is 56.3. The van der Waals surface area contributed by atoms with Crippen LogP contribution in [0.1, 0.15) is 0 Å². The van der Waals surface area contributed by atoms with E-state index in [0.29, 0.717) is 0 Å². The van der Waals surface area contributed by atoms with Gasteiger partial charge in [0.15, 0.2) is 0 Å². The van der Waals surface area contributed by atoms with Gasteiger partial charge in [0.05, 0.1) is 9.40 Å². The number of fused-ring (bicyclic) bond motifs is 5. The molecule has 0 amide bonds. The highest BCUT2D eigenvalue weighted by Crippen LogP contribution is 2.47. The summed E-state index contributed by atoms with van der Waals surface area (Å²) in [6.07, 6.45) is 0. The molecule has 0 saturated heterocycles. The van der Waals surface area contributed by atoms with E-state index in [4.69, 9.17) is 0 Å². The van der Waals surface area contributed by atoms with Gasteiger partial charge in [0.2, 0.25) is 0 Å². The highest BCUT2D eigenvalue weighted by molar-refractivity contribution is 7.36. The first-order valence-corrected chi connectivity index (χ1v) is 15.7. The van der Waals surface area contributed by atoms with Gasteiger partial charge in [-0.25, -0.2) is 0 Å². The molecular formula is C38H26N2S2. The van der Waals surface area contributed by atoms with Gasteiger partial charge in [-0.2, -0.15) is 0 Å². The van der Waals surface area contributed by atoms with E-state index in [-0.39, 0.29) is 0 Å². The van der Waals surface area contributed by atoms with Crippen LogP contribution in [-0.4, -0.2) is 0 Å². The van der Waals surface area contributed by atoms with Crippen LogP contribution in [-0.2, 0) is 0 Å². The van der Waals surface area contributed by atoms with E-state index in [1.54, 1.807) is 0 Å². The first kappa shape index (κ1) is 24.9. The van der Waals surface area contributed by atoms with E-state index in [1.165, 1.54) is 40.9 Å². The smallest absolute Gasteiger partial charge is 0.0542 e. The Kier molecular flexibility index (Phi) is 6.21. The fraction of sp³-hybridized carbons (Fsp3) is 0. The zero-order valence-corrected chi connectivity index (χ0v) is 24.4.